The van der Waals surface area contributed by atoms with Crippen molar-refractivity contribution >= 4 is 5.97 Å². The fourth-order valence-corrected chi connectivity index (χ4v) is 1.67. The summed E-state index contributed by atoms with van der Waals surface area (Å²) in [6.07, 6.45) is 3.50. The highest BCUT2D eigenvalue weighted by Crippen LogP contribution is 2.02. The normalized spacial score (nSPS) is 11.4. The van der Waals surface area contributed by atoms with Crippen LogP contribution < -0.4 is 11.2 Å². The molecule has 0 aliphatic carbocycles. The van der Waals surface area contributed by atoms with Gasteiger partial charge in [0.15, 0.2) is 0 Å². The fourth-order valence-electron chi connectivity index (χ4n) is 1.67. The first-order valence-corrected chi connectivity index (χ1v) is 6.12. The first kappa shape index (κ1) is 14.9. The molecule has 0 atom stereocenters. The summed E-state index contributed by atoms with van der Waals surface area (Å²) in [6.45, 7) is 4.18. The van der Waals surface area contributed by atoms with Gasteiger partial charge in [-0.05, 0) is 13.3 Å². The molecule has 0 aromatic carbocycles. The van der Waals surface area contributed by atoms with E-state index in [1.54, 1.807) is 13.0 Å². The number of methoxy groups -OCH3 is 1. The van der Waals surface area contributed by atoms with E-state index in [9.17, 15) is 14.4 Å². The molecule has 0 radical (unpaired) electrons. The molecule has 0 amide bonds. The average molecular weight is 266 g/mol. The Balaban J connectivity index is 3.13. The zero-order valence-electron chi connectivity index (χ0n) is 11.4. The first-order valence-electron chi connectivity index (χ1n) is 6.12. The van der Waals surface area contributed by atoms with Crippen LogP contribution in [0.5, 0.6) is 0 Å². The molecule has 6 heteroatoms. The molecular formula is C13H18N2O4. The Kier molecular flexibility index (Phi) is 5.29. The molecule has 1 aromatic heterocycles. The van der Waals surface area contributed by atoms with Crippen LogP contribution in [0.25, 0.3) is 0 Å². The van der Waals surface area contributed by atoms with Gasteiger partial charge in [0, 0.05) is 30.9 Å². The van der Waals surface area contributed by atoms with Crippen molar-refractivity contribution in [2.24, 2.45) is 0 Å². The number of rotatable bonds is 5. The van der Waals surface area contributed by atoms with Gasteiger partial charge < -0.3 is 9.30 Å². The van der Waals surface area contributed by atoms with E-state index in [1.807, 2.05) is 6.92 Å². The summed E-state index contributed by atoms with van der Waals surface area (Å²) in [5.41, 5.74) is -0.321. The second-order valence-corrected chi connectivity index (χ2v) is 3.91. The Morgan fingerprint density at radius 1 is 1.37 bits per heavy atom. The zero-order valence-corrected chi connectivity index (χ0v) is 11.4. The number of carbonyl (C=O) groups is 1. The highest BCUT2D eigenvalue weighted by atomic mass is 16.5. The molecule has 0 unspecified atom stereocenters. The van der Waals surface area contributed by atoms with Crippen molar-refractivity contribution in [2.75, 3.05) is 7.11 Å². The average Bonchev–Trinajstić information content (AvgIpc) is 2.42. The largest absolute Gasteiger partial charge is 0.466 e. The number of hydrogen-bond donors (Lipinski definition) is 0. The summed E-state index contributed by atoms with van der Waals surface area (Å²) in [4.78, 5) is 35.0. The molecular weight excluding hydrogens is 248 g/mol. The van der Waals surface area contributed by atoms with Crippen LogP contribution in [0.1, 0.15) is 20.3 Å². The molecule has 0 aliphatic heterocycles. The number of esters is 1. The van der Waals surface area contributed by atoms with Crippen LogP contribution in [0.15, 0.2) is 33.5 Å². The van der Waals surface area contributed by atoms with Crippen LogP contribution in [-0.4, -0.2) is 22.2 Å². The molecule has 1 aromatic rings. The van der Waals surface area contributed by atoms with E-state index in [4.69, 9.17) is 0 Å². The third-order valence-electron chi connectivity index (χ3n) is 2.83. The highest BCUT2D eigenvalue weighted by Gasteiger charge is 2.08. The van der Waals surface area contributed by atoms with Gasteiger partial charge in [0.1, 0.15) is 0 Å². The van der Waals surface area contributed by atoms with Gasteiger partial charge >= 0.3 is 11.7 Å². The lowest BCUT2D eigenvalue weighted by Gasteiger charge is -2.07. The van der Waals surface area contributed by atoms with Gasteiger partial charge in [0.25, 0.3) is 5.56 Å². The summed E-state index contributed by atoms with van der Waals surface area (Å²) in [7, 11) is 1.30. The van der Waals surface area contributed by atoms with Gasteiger partial charge in [-0.2, -0.15) is 0 Å². The number of hydrogen-bond acceptors (Lipinski definition) is 4. The molecule has 6 nitrogen and oxygen atoms in total. The highest BCUT2D eigenvalue weighted by molar-refractivity contribution is 5.88. The molecule has 19 heavy (non-hydrogen) atoms. The fraction of sp³-hybridized carbons (Fsp3) is 0.462. The number of allylic oxidation sites excluding steroid dienone is 1. The quantitative estimate of drug-likeness (QED) is 0.576. The van der Waals surface area contributed by atoms with Crippen LogP contribution in [0, 0.1) is 0 Å². The van der Waals surface area contributed by atoms with Crippen LogP contribution in [0.4, 0.5) is 0 Å². The van der Waals surface area contributed by atoms with Gasteiger partial charge in [-0.15, -0.1) is 0 Å². The smallest absolute Gasteiger partial charge is 0.333 e. The number of aromatic nitrogens is 2. The molecule has 0 spiro atoms. The SMILES string of the molecule is CCC(=CCn1c(=O)ccn(CC)c1=O)C(=O)OC. The number of nitrogens with zero attached hydrogens (tertiary/aromatic N) is 2. The van der Waals surface area contributed by atoms with Crippen molar-refractivity contribution in [1.29, 1.82) is 0 Å². The molecule has 104 valence electrons. The van der Waals surface area contributed by atoms with Gasteiger partial charge in [0.05, 0.1) is 7.11 Å². The van der Waals surface area contributed by atoms with Crippen molar-refractivity contribution in [1.82, 2.24) is 9.13 Å². The van der Waals surface area contributed by atoms with E-state index in [1.165, 1.54) is 23.9 Å². The summed E-state index contributed by atoms with van der Waals surface area (Å²) in [5, 5.41) is 0. The Morgan fingerprint density at radius 3 is 2.58 bits per heavy atom. The maximum Gasteiger partial charge on any atom is 0.333 e. The minimum atomic E-state index is -0.442. The topological polar surface area (TPSA) is 70.3 Å². The zero-order chi connectivity index (χ0) is 14.4. The third-order valence-corrected chi connectivity index (χ3v) is 2.83. The number of ether oxygens (including phenoxy) is 1. The third kappa shape index (κ3) is 3.43. The van der Waals surface area contributed by atoms with E-state index in [0.717, 1.165) is 4.57 Å². The Bertz CT molecular complexity index is 595. The lowest BCUT2D eigenvalue weighted by atomic mass is 10.2. The lowest BCUT2D eigenvalue weighted by Crippen LogP contribution is -2.38. The van der Waals surface area contributed by atoms with Crippen LogP contribution in [0.2, 0.25) is 0 Å². The minimum Gasteiger partial charge on any atom is -0.466 e. The predicted molar refractivity (Wildman–Crippen MR) is 71.0 cm³/mol. The van der Waals surface area contributed by atoms with Gasteiger partial charge in [-0.3, -0.25) is 9.36 Å². The van der Waals surface area contributed by atoms with Crippen LogP contribution >= 0.6 is 0 Å². The molecule has 0 N–H and O–H groups in total. The van der Waals surface area contributed by atoms with Crippen LogP contribution in [-0.2, 0) is 22.6 Å². The minimum absolute atomic E-state index is 0.0663. The van der Waals surface area contributed by atoms with E-state index in [0.29, 0.717) is 18.5 Å². The Morgan fingerprint density at radius 2 is 2.05 bits per heavy atom. The van der Waals surface area contributed by atoms with E-state index >= 15 is 0 Å². The second kappa shape index (κ2) is 6.72. The molecule has 1 rings (SSSR count). The molecule has 0 bridgehead atoms. The van der Waals surface area contributed by atoms with Gasteiger partial charge in [0.2, 0.25) is 0 Å². The Labute approximate surface area is 110 Å². The predicted octanol–water partition coefficient (Wildman–Crippen LogP) is 0.539. The molecule has 0 saturated heterocycles. The summed E-state index contributed by atoms with van der Waals surface area (Å²) in [5.74, 6) is -0.442. The molecule has 0 aliphatic rings. The molecule has 0 fully saturated rings. The maximum absolute atomic E-state index is 11.9. The summed E-state index contributed by atoms with van der Waals surface area (Å²) in [6, 6.07) is 1.34. The van der Waals surface area contributed by atoms with Crippen molar-refractivity contribution in [3.63, 3.8) is 0 Å². The van der Waals surface area contributed by atoms with Gasteiger partial charge in [-0.1, -0.05) is 13.0 Å². The van der Waals surface area contributed by atoms with E-state index in [-0.39, 0.29) is 17.8 Å². The first-order chi connectivity index (χ1) is 9.04. The van der Waals surface area contributed by atoms with Crippen molar-refractivity contribution in [3.8, 4) is 0 Å². The van der Waals surface area contributed by atoms with Crippen LogP contribution in [0.3, 0.4) is 0 Å². The number of aryl methyl sites for hydroxylation is 1. The number of carbonyl (C=O) groups excluding carboxylic acids is 1. The molecule has 1 heterocycles. The van der Waals surface area contributed by atoms with Crippen molar-refractivity contribution in [3.05, 3.63) is 44.8 Å². The Hall–Kier alpha value is -2.11. The summed E-state index contributed by atoms with van der Waals surface area (Å²) >= 11 is 0. The summed E-state index contributed by atoms with van der Waals surface area (Å²) < 4.78 is 7.13. The van der Waals surface area contributed by atoms with Crippen molar-refractivity contribution in [2.45, 2.75) is 33.4 Å². The standard InChI is InChI=1S/C13H18N2O4/c1-4-10(12(17)19-3)6-9-15-11(16)7-8-14(5-2)13(15)18/h6-8H,4-5,9H2,1-3H3. The maximum atomic E-state index is 11.9. The lowest BCUT2D eigenvalue weighted by molar-refractivity contribution is -0.136. The van der Waals surface area contributed by atoms with E-state index in [2.05, 4.69) is 4.74 Å². The van der Waals surface area contributed by atoms with Crippen molar-refractivity contribution < 1.29 is 9.53 Å². The monoisotopic (exact) mass is 266 g/mol. The second-order valence-electron chi connectivity index (χ2n) is 3.91. The van der Waals surface area contributed by atoms with Gasteiger partial charge in [-0.25, -0.2) is 9.59 Å². The molecule has 0 saturated carbocycles. The van der Waals surface area contributed by atoms with E-state index < -0.39 is 5.97 Å².